The fourth-order valence-corrected chi connectivity index (χ4v) is 2.25. The van der Waals surface area contributed by atoms with Crippen LogP contribution in [-0.2, 0) is 9.53 Å². The number of carbonyl (C=O) groups excluding carboxylic acids is 2. The van der Waals surface area contributed by atoms with Crippen molar-refractivity contribution >= 4 is 12.0 Å². The minimum absolute atomic E-state index is 0.0000501. The third-order valence-corrected chi connectivity index (χ3v) is 3.39. The fourth-order valence-electron chi connectivity index (χ4n) is 2.25. The van der Waals surface area contributed by atoms with Crippen molar-refractivity contribution in [3.63, 3.8) is 0 Å². The van der Waals surface area contributed by atoms with Gasteiger partial charge in [0.1, 0.15) is 5.60 Å². The van der Waals surface area contributed by atoms with Crippen LogP contribution < -0.4 is 5.32 Å². The Balaban J connectivity index is 2.84. The predicted molar refractivity (Wildman–Crippen MR) is 71.0 cm³/mol. The maximum atomic E-state index is 12.4. The van der Waals surface area contributed by atoms with Crippen LogP contribution in [-0.4, -0.2) is 59.0 Å². The molecule has 0 radical (unpaired) electrons. The van der Waals surface area contributed by atoms with Crippen molar-refractivity contribution in [3.05, 3.63) is 0 Å². The van der Waals surface area contributed by atoms with Gasteiger partial charge in [-0.1, -0.05) is 0 Å². The second-order valence-corrected chi connectivity index (χ2v) is 6.61. The highest BCUT2D eigenvalue weighted by Crippen LogP contribution is 2.30. The van der Waals surface area contributed by atoms with Gasteiger partial charge in [-0.3, -0.25) is 4.79 Å². The van der Waals surface area contributed by atoms with E-state index in [1.54, 1.807) is 20.8 Å². The van der Waals surface area contributed by atoms with E-state index in [0.717, 1.165) is 0 Å². The van der Waals surface area contributed by atoms with Crippen molar-refractivity contribution in [2.24, 2.45) is 5.92 Å². The Labute approximate surface area is 126 Å². The third kappa shape index (κ3) is 4.49. The molecule has 128 valence electrons. The summed E-state index contributed by atoms with van der Waals surface area (Å²) in [5.74, 6) is -2.81. The highest BCUT2D eigenvalue weighted by Gasteiger charge is 2.50. The van der Waals surface area contributed by atoms with Crippen LogP contribution in [0.1, 0.15) is 27.7 Å². The van der Waals surface area contributed by atoms with Gasteiger partial charge in [0.05, 0.1) is 5.54 Å². The Morgan fingerprint density at radius 3 is 2.32 bits per heavy atom. The first-order valence-corrected chi connectivity index (χ1v) is 6.76. The van der Waals surface area contributed by atoms with Gasteiger partial charge in [-0.2, -0.15) is 13.2 Å². The minimum atomic E-state index is -5.03. The van der Waals surface area contributed by atoms with Crippen LogP contribution in [0, 0.1) is 5.92 Å². The van der Waals surface area contributed by atoms with Gasteiger partial charge >= 0.3 is 18.2 Å². The predicted octanol–water partition coefficient (Wildman–Crippen LogP) is 1.28. The van der Waals surface area contributed by atoms with Crippen molar-refractivity contribution in [1.29, 1.82) is 0 Å². The zero-order valence-corrected chi connectivity index (χ0v) is 13.0. The van der Waals surface area contributed by atoms with E-state index in [4.69, 9.17) is 4.74 Å². The summed E-state index contributed by atoms with van der Waals surface area (Å²) in [6, 6.07) is 0. The van der Waals surface area contributed by atoms with Crippen molar-refractivity contribution in [2.45, 2.75) is 45.0 Å². The molecule has 1 fully saturated rings. The number of alkyl halides is 3. The van der Waals surface area contributed by atoms with E-state index in [0.29, 0.717) is 0 Å². The average molecular weight is 326 g/mol. The van der Waals surface area contributed by atoms with E-state index in [9.17, 15) is 27.9 Å². The number of rotatable bonds is 2. The van der Waals surface area contributed by atoms with Gasteiger partial charge in [-0.25, -0.2) is 4.79 Å². The van der Waals surface area contributed by atoms with E-state index in [2.05, 4.69) is 0 Å². The number of hydrogen-bond donors (Lipinski definition) is 2. The van der Waals surface area contributed by atoms with Crippen LogP contribution in [0.15, 0.2) is 0 Å². The maximum Gasteiger partial charge on any atom is 0.471 e. The second-order valence-electron chi connectivity index (χ2n) is 6.61. The molecule has 0 saturated carbocycles. The average Bonchev–Trinajstić information content (AvgIpc) is 2.62. The Hall–Kier alpha value is -1.51. The highest BCUT2D eigenvalue weighted by molar-refractivity contribution is 5.82. The summed E-state index contributed by atoms with van der Waals surface area (Å²) in [6.07, 6.45) is -5.72. The molecule has 1 saturated heterocycles. The van der Waals surface area contributed by atoms with Gasteiger partial charge in [-0.05, 0) is 27.7 Å². The molecule has 1 heterocycles. The topological polar surface area (TPSA) is 78.9 Å². The third-order valence-electron chi connectivity index (χ3n) is 3.39. The lowest BCUT2D eigenvalue weighted by atomic mass is 9.89. The van der Waals surface area contributed by atoms with Gasteiger partial charge in [0.2, 0.25) is 0 Å². The molecule has 22 heavy (non-hydrogen) atoms. The molecular formula is C13H21F3N2O4. The van der Waals surface area contributed by atoms with Crippen LogP contribution in [0.3, 0.4) is 0 Å². The number of halogens is 3. The van der Waals surface area contributed by atoms with Crippen LogP contribution in [0.25, 0.3) is 0 Å². The normalized spacial score (nSPS) is 26.0. The van der Waals surface area contributed by atoms with E-state index >= 15 is 0 Å². The first kappa shape index (κ1) is 18.5. The second kappa shape index (κ2) is 5.94. The lowest BCUT2D eigenvalue weighted by molar-refractivity contribution is -0.176. The summed E-state index contributed by atoms with van der Waals surface area (Å²) in [7, 11) is 0. The van der Waals surface area contributed by atoms with Gasteiger partial charge in [0.15, 0.2) is 0 Å². The molecule has 1 aliphatic heterocycles. The quantitative estimate of drug-likeness (QED) is 0.801. The monoisotopic (exact) mass is 326 g/mol. The number of aliphatic hydroxyl groups excluding tert-OH is 1. The van der Waals surface area contributed by atoms with Crippen molar-refractivity contribution in [3.8, 4) is 0 Å². The van der Waals surface area contributed by atoms with E-state index < -0.39 is 41.8 Å². The van der Waals surface area contributed by atoms with Gasteiger partial charge in [0.25, 0.3) is 0 Å². The molecule has 0 aromatic heterocycles. The Morgan fingerprint density at radius 1 is 1.36 bits per heavy atom. The molecule has 0 aliphatic carbocycles. The first-order valence-electron chi connectivity index (χ1n) is 6.76. The number of aliphatic hydroxyl groups is 1. The summed E-state index contributed by atoms with van der Waals surface area (Å²) < 4.78 is 42.4. The highest BCUT2D eigenvalue weighted by atomic mass is 19.4. The van der Waals surface area contributed by atoms with Crippen LogP contribution >= 0.6 is 0 Å². The molecule has 0 aromatic carbocycles. The molecule has 2 amide bonds. The molecule has 1 unspecified atom stereocenters. The van der Waals surface area contributed by atoms with E-state index in [1.807, 2.05) is 5.32 Å². The first-order chi connectivity index (χ1) is 9.78. The number of nitrogens with zero attached hydrogens (tertiary/aromatic N) is 1. The number of ether oxygens (including phenoxy) is 1. The summed E-state index contributed by atoms with van der Waals surface area (Å²) in [5.41, 5.74) is -2.13. The van der Waals surface area contributed by atoms with Crippen molar-refractivity contribution in [1.82, 2.24) is 10.2 Å². The van der Waals surface area contributed by atoms with E-state index in [1.165, 1.54) is 11.8 Å². The Morgan fingerprint density at radius 2 is 1.91 bits per heavy atom. The molecule has 6 nitrogen and oxygen atoms in total. The van der Waals surface area contributed by atoms with Crippen LogP contribution in [0.5, 0.6) is 0 Å². The molecular weight excluding hydrogens is 305 g/mol. The lowest BCUT2D eigenvalue weighted by Crippen LogP contribution is -2.56. The molecule has 1 aliphatic rings. The zero-order valence-electron chi connectivity index (χ0n) is 13.0. The van der Waals surface area contributed by atoms with Crippen molar-refractivity contribution < 1.29 is 32.6 Å². The lowest BCUT2D eigenvalue weighted by Gasteiger charge is -2.31. The number of hydrogen-bond acceptors (Lipinski definition) is 4. The molecule has 0 aromatic rings. The maximum absolute atomic E-state index is 12.4. The Kier molecular flexibility index (Phi) is 5.01. The standard InChI is InChI=1S/C13H21F3N2O4/c1-11(2,3)22-10(21)18-5-8(6-19)12(4,7-18)17-9(20)13(14,15)16/h8,19H,5-7H2,1-4H3,(H,17,20)/t8?,12-/m0/s1. The van der Waals surface area contributed by atoms with Gasteiger partial charge in [0, 0.05) is 25.6 Å². The molecule has 0 bridgehead atoms. The summed E-state index contributed by atoms with van der Waals surface area (Å²) in [4.78, 5) is 24.3. The summed E-state index contributed by atoms with van der Waals surface area (Å²) in [6.45, 7) is 5.71. The number of amides is 2. The molecule has 2 atom stereocenters. The zero-order chi connectivity index (χ0) is 17.3. The summed E-state index contributed by atoms with van der Waals surface area (Å²) >= 11 is 0. The summed E-state index contributed by atoms with van der Waals surface area (Å²) in [5, 5.41) is 11.2. The molecule has 9 heteroatoms. The number of likely N-dealkylation sites (tertiary alicyclic amines) is 1. The van der Waals surface area contributed by atoms with Gasteiger partial charge < -0.3 is 20.1 Å². The Bertz CT molecular complexity index is 448. The van der Waals surface area contributed by atoms with Crippen LogP contribution in [0.2, 0.25) is 0 Å². The van der Waals surface area contributed by atoms with Gasteiger partial charge in [-0.15, -0.1) is 0 Å². The molecule has 2 N–H and O–H groups in total. The smallest absolute Gasteiger partial charge is 0.444 e. The van der Waals surface area contributed by atoms with E-state index in [-0.39, 0.29) is 13.1 Å². The van der Waals surface area contributed by atoms with Crippen molar-refractivity contribution in [2.75, 3.05) is 19.7 Å². The molecule has 1 rings (SSSR count). The number of nitrogens with one attached hydrogen (secondary N) is 1. The van der Waals surface area contributed by atoms with Crippen LogP contribution in [0.4, 0.5) is 18.0 Å². The molecule has 0 spiro atoms. The number of carbonyl (C=O) groups is 2. The largest absolute Gasteiger partial charge is 0.471 e. The minimum Gasteiger partial charge on any atom is -0.444 e. The fraction of sp³-hybridized carbons (Fsp3) is 0.846. The SMILES string of the molecule is CC(C)(C)OC(=O)N1CC(CO)[C@@](C)(NC(=O)C(F)(F)F)C1.